The van der Waals surface area contributed by atoms with Crippen molar-refractivity contribution >= 4 is 23.0 Å². The Morgan fingerprint density at radius 1 is 1.14 bits per heavy atom. The average Bonchev–Trinajstić information content (AvgIpc) is 2.57. The number of hydrogen-bond acceptors (Lipinski definition) is 3. The van der Waals surface area contributed by atoms with Crippen molar-refractivity contribution < 1.29 is 0 Å². The van der Waals surface area contributed by atoms with E-state index >= 15 is 0 Å². The monoisotopic (exact) mass is 307 g/mol. The topological polar surface area (TPSA) is 28.5 Å². The molecular weight excluding hydrogens is 294 g/mol. The van der Waals surface area contributed by atoms with Crippen molar-refractivity contribution in [3.63, 3.8) is 0 Å². The highest BCUT2D eigenvalue weighted by molar-refractivity contribution is 6.30. The van der Waals surface area contributed by atoms with Gasteiger partial charge >= 0.3 is 0 Å². The maximum atomic E-state index is 5.95. The zero-order valence-corrected chi connectivity index (χ0v) is 12.7. The van der Waals surface area contributed by atoms with Crippen LogP contribution in [-0.2, 0) is 0 Å². The first-order chi connectivity index (χ1) is 10.7. The fourth-order valence-electron chi connectivity index (χ4n) is 2.18. The maximum absolute atomic E-state index is 5.95. The third kappa shape index (κ3) is 2.71. The van der Waals surface area contributed by atoms with E-state index in [9.17, 15) is 0 Å². The van der Waals surface area contributed by atoms with E-state index in [4.69, 9.17) is 11.6 Å². The van der Waals surface area contributed by atoms with Crippen LogP contribution in [0.25, 0.3) is 0 Å². The number of allylic oxidation sites excluding steroid dienone is 2. The summed E-state index contributed by atoms with van der Waals surface area (Å²) in [5, 5.41) is 7.14. The summed E-state index contributed by atoms with van der Waals surface area (Å²) in [4.78, 5) is 4.14. The Bertz CT molecular complexity index is 774. The zero-order valence-electron chi connectivity index (χ0n) is 11.9. The molecule has 1 aromatic carbocycles. The predicted octanol–water partition coefficient (Wildman–Crippen LogP) is 4.59. The van der Waals surface area contributed by atoms with Crippen LogP contribution in [0.1, 0.15) is 5.56 Å². The molecule has 0 N–H and O–H groups in total. The van der Waals surface area contributed by atoms with Gasteiger partial charge in [0.05, 0.1) is 23.3 Å². The Morgan fingerprint density at radius 2 is 1.91 bits per heavy atom. The van der Waals surface area contributed by atoms with Gasteiger partial charge in [0.2, 0.25) is 0 Å². The van der Waals surface area contributed by atoms with Crippen LogP contribution in [0.4, 0.5) is 5.69 Å². The lowest BCUT2D eigenvalue weighted by atomic mass is 10.0. The zero-order chi connectivity index (χ0) is 15.5. The Hall–Kier alpha value is -2.65. The molecule has 0 bridgehead atoms. The summed E-state index contributed by atoms with van der Waals surface area (Å²) >= 11 is 5.95. The molecule has 3 rings (SSSR count). The first-order valence-electron chi connectivity index (χ1n) is 6.77. The van der Waals surface area contributed by atoms with Crippen LogP contribution < -0.4 is 5.01 Å². The van der Waals surface area contributed by atoms with Crippen LogP contribution in [0.5, 0.6) is 0 Å². The van der Waals surface area contributed by atoms with E-state index in [0.717, 1.165) is 28.2 Å². The van der Waals surface area contributed by atoms with Crippen molar-refractivity contribution in [2.24, 2.45) is 5.10 Å². The first kappa shape index (κ1) is 14.3. The number of nitrogens with zero attached hydrogens (tertiary/aromatic N) is 3. The van der Waals surface area contributed by atoms with Gasteiger partial charge in [-0.3, -0.25) is 4.98 Å². The lowest BCUT2D eigenvalue weighted by Gasteiger charge is -2.26. The van der Waals surface area contributed by atoms with Gasteiger partial charge in [0.25, 0.3) is 0 Å². The van der Waals surface area contributed by atoms with Crippen molar-refractivity contribution in [3.05, 3.63) is 96.0 Å². The number of aromatic nitrogens is 1. The van der Waals surface area contributed by atoms with Crippen molar-refractivity contribution in [1.82, 2.24) is 4.98 Å². The number of hydrogen-bond donors (Lipinski definition) is 0. The molecule has 0 radical (unpaired) electrons. The van der Waals surface area contributed by atoms with Crippen LogP contribution in [-0.4, -0.2) is 10.7 Å². The minimum atomic E-state index is 0.696. The molecule has 0 unspecified atom stereocenters. The van der Waals surface area contributed by atoms with Gasteiger partial charge in [-0.1, -0.05) is 43.0 Å². The summed E-state index contributed by atoms with van der Waals surface area (Å²) in [6.45, 7) is 7.95. The quantitative estimate of drug-likeness (QED) is 0.830. The van der Waals surface area contributed by atoms with Crippen LogP contribution >= 0.6 is 11.6 Å². The number of benzene rings is 1. The van der Waals surface area contributed by atoms with Gasteiger partial charge in [0, 0.05) is 22.4 Å². The highest BCUT2D eigenvalue weighted by atomic mass is 35.5. The summed E-state index contributed by atoms with van der Waals surface area (Å²) < 4.78 is 0. The fourth-order valence-corrected chi connectivity index (χ4v) is 2.31. The van der Waals surface area contributed by atoms with E-state index in [0.29, 0.717) is 5.02 Å². The first-order valence-corrected chi connectivity index (χ1v) is 7.15. The fraction of sp³-hybridized carbons (Fsp3) is 0. The Kier molecular flexibility index (Phi) is 3.90. The lowest BCUT2D eigenvalue weighted by Crippen LogP contribution is -2.23. The molecule has 1 aromatic heterocycles. The number of anilines is 1. The summed E-state index contributed by atoms with van der Waals surface area (Å²) in [6, 6.07) is 11.4. The SMILES string of the molecule is C=CC1=CC(c2ccc(Cl)cc2)=NN(c2cccnc2)C1=C. The van der Waals surface area contributed by atoms with Gasteiger partial charge in [0.15, 0.2) is 0 Å². The van der Waals surface area contributed by atoms with E-state index in [-0.39, 0.29) is 0 Å². The van der Waals surface area contributed by atoms with Gasteiger partial charge in [-0.2, -0.15) is 5.10 Å². The normalized spacial score (nSPS) is 14.4. The average molecular weight is 308 g/mol. The van der Waals surface area contributed by atoms with E-state index < -0.39 is 0 Å². The molecule has 0 atom stereocenters. The smallest absolute Gasteiger partial charge is 0.0919 e. The molecule has 0 aliphatic carbocycles. The minimum absolute atomic E-state index is 0.696. The Morgan fingerprint density at radius 3 is 2.55 bits per heavy atom. The molecule has 0 spiro atoms. The highest BCUT2D eigenvalue weighted by Crippen LogP contribution is 2.28. The summed E-state index contributed by atoms with van der Waals surface area (Å²) in [7, 11) is 0. The lowest BCUT2D eigenvalue weighted by molar-refractivity contribution is 0.998. The van der Waals surface area contributed by atoms with Gasteiger partial charge in [-0.15, -0.1) is 0 Å². The van der Waals surface area contributed by atoms with Gasteiger partial charge in [-0.05, 0) is 30.3 Å². The third-order valence-corrected chi connectivity index (χ3v) is 3.59. The number of pyridine rings is 1. The van der Waals surface area contributed by atoms with E-state index in [1.807, 2.05) is 42.5 Å². The molecule has 1 aliphatic rings. The highest BCUT2D eigenvalue weighted by Gasteiger charge is 2.19. The molecule has 4 heteroatoms. The second kappa shape index (κ2) is 6.00. The standard InChI is InChI=1S/C18H14ClN3/c1-3-14-11-18(15-6-8-16(19)9-7-15)21-22(13(14)2)17-5-4-10-20-12-17/h3-12H,1-2H2. The van der Waals surface area contributed by atoms with E-state index in [1.54, 1.807) is 23.5 Å². The van der Waals surface area contributed by atoms with Crippen molar-refractivity contribution in [2.75, 3.05) is 5.01 Å². The summed E-state index contributed by atoms with van der Waals surface area (Å²) in [5.41, 5.74) is 4.34. The van der Waals surface area contributed by atoms with Crippen molar-refractivity contribution in [3.8, 4) is 0 Å². The van der Waals surface area contributed by atoms with Gasteiger partial charge in [-0.25, -0.2) is 5.01 Å². The minimum Gasteiger partial charge on any atom is -0.262 e. The summed E-state index contributed by atoms with van der Waals surface area (Å²) in [6.07, 6.45) is 7.21. The molecular formula is C18H14ClN3. The molecule has 2 aromatic rings. The molecule has 0 saturated heterocycles. The summed E-state index contributed by atoms with van der Waals surface area (Å²) in [5.74, 6) is 0. The van der Waals surface area contributed by atoms with E-state index in [2.05, 4.69) is 23.2 Å². The Balaban J connectivity index is 2.08. The predicted molar refractivity (Wildman–Crippen MR) is 92.1 cm³/mol. The second-order valence-electron chi connectivity index (χ2n) is 4.77. The molecule has 0 saturated carbocycles. The van der Waals surface area contributed by atoms with Crippen LogP contribution in [0, 0.1) is 0 Å². The van der Waals surface area contributed by atoms with E-state index in [1.165, 1.54) is 0 Å². The Labute approximate surface area is 134 Å². The van der Waals surface area contributed by atoms with Crippen LogP contribution in [0.2, 0.25) is 5.02 Å². The molecule has 108 valence electrons. The molecule has 3 nitrogen and oxygen atoms in total. The largest absolute Gasteiger partial charge is 0.262 e. The van der Waals surface area contributed by atoms with Crippen molar-refractivity contribution in [2.45, 2.75) is 0 Å². The number of halogens is 1. The molecule has 1 aliphatic heterocycles. The van der Waals surface area contributed by atoms with Gasteiger partial charge in [0.1, 0.15) is 0 Å². The number of hydrazone groups is 1. The molecule has 0 fully saturated rings. The van der Waals surface area contributed by atoms with Crippen molar-refractivity contribution in [1.29, 1.82) is 0 Å². The molecule has 2 heterocycles. The number of rotatable bonds is 3. The van der Waals surface area contributed by atoms with Gasteiger partial charge < -0.3 is 0 Å². The molecule has 22 heavy (non-hydrogen) atoms. The third-order valence-electron chi connectivity index (χ3n) is 3.34. The second-order valence-corrected chi connectivity index (χ2v) is 5.20. The molecule has 0 amide bonds. The van der Waals surface area contributed by atoms with Crippen LogP contribution in [0.15, 0.2) is 90.5 Å². The van der Waals surface area contributed by atoms with Crippen LogP contribution in [0.3, 0.4) is 0 Å². The maximum Gasteiger partial charge on any atom is 0.0919 e.